The zero-order valence-corrected chi connectivity index (χ0v) is 12.5. The number of ether oxygens (including phenoxy) is 3. The molecule has 0 radical (unpaired) electrons. The molecule has 1 aromatic rings. The summed E-state index contributed by atoms with van der Waals surface area (Å²) >= 11 is 0. The SMILES string of the molecule is COCCOCCN1C(=O)CNC1c1cccc(OC)c1. The molecule has 6 nitrogen and oxygen atoms in total. The number of benzene rings is 1. The Balaban J connectivity index is 1.95. The van der Waals surface area contributed by atoms with Gasteiger partial charge in [-0.15, -0.1) is 0 Å². The van der Waals surface area contributed by atoms with Crippen molar-refractivity contribution in [2.24, 2.45) is 0 Å². The van der Waals surface area contributed by atoms with Gasteiger partial charge in [0.05, 0.1) is 33.5 Å². The quantitative estimate of drug-likeness (QED) is 0.718. The fraction of sp³-hybridized carbons (Fsp3) is 0.533. The highest BCUT2D eigenvalue weighted by Crippen LogP contribution is 2.25. The van der Waals surface area contributed by atoms with Crippen LogP contribution in [-0.4, -0.2) is 57.9 Å². The molecule has 0 spiro atoms. The van der Waals surface area contributed by atoms with E-state index < -0.39 is 0 Å². The van der Waals surface area contributed by atoms with Crippen molar-refractivity contribution in [2.75, 3.05) is 47.1 Å². The average Bonchev–Trinajstić information content (AvgIpc) is 2.88. The van der Waals surface area contributed by atoms with Gasteiger partial charge in [-0.2, -0.15) is 0 Å². The summed E-state index contributed by atoms with van der Waals surface area (Å²) < 4.78 is 15.6. The standard InChI is InChI=1S/C15H22N2O4/c1-19-8-9-21-7-6-17-14(18)11-16-15(17)12-4-3-5-13(10-12)20-2/h3-5,10,15-16H,6-9,11H2,1-2H3. The van der Waals surface area contributed by atoms with Gasteiger partial charge in [0.2, 0.25) is 5.91 Å². The largest absolute Gasteiger partial charge is 0.497 e. The second kappa shape index (κ2) is 7.97. The highest BCUT2D eigenvalue weighted by atomic mass is 16.5. The van der Waals surface area contributed by atoms with Crippen LogP contribution in [0.1, 0.15) is 11.7 Å². The molecule has 21 heavy (non-hydrogen) atoms. The third-order valence-corrected chi connectivity index (χ3v) is 3.40. The Hall–Kier alpha value is -1.63. The van der Waals surface area contributed by atoms with E-state index in [4.69, 9.17) is 14.2 Å². The van der Waals surface area contributed by atoms with Gasteiger partial charge in [-0.3, -0.25) is 10.1 Å². The summed E-state index contributed by atoms with van der Waals surface area (Å²) in [6.07, 6.45) is -0.126. The van der Waals surface area contributed by atoms with Crippen LogP contribution in [0.3, 0.4) is 0 Å². The average molecular weight is 294 g/mol. The number of amides is 1. The second-order valence-electron chi connectivity index (χ2n) is 4.75. The van der Waals surface area contributed by atoms with Gasteiger partial charge in [-0.1, -0.05) is 12.1 Å². The third-order valence-electron chi connectivity index (χ3n) is 3.40. The Labute approximate surface area is 125 Å². The molecule has 1 aliphatic heterocycles. The fourth-order valence-corrected chi connectivity index (χ4v) is 2.31. The number of nitrogens with one attached hydrogen (secondary N) is 1. The second-order valence-corrected chi connectivity index (χ2v) is 4.75. The van der Waals surface area contributed by atoms with E-state index in [1.165, 1.54) is 0 Å². The van der Waals surface area contributed by atoms with Crippen LogP contribution in [0.15, 0.2) is 24.3 Å². The topological polar surface area (TPSA) is 60.0 Å². The van der Waals surface area contributed by atoms with E-state index >= 15 is 0 Å². The van der Waals surface area contributed by atoms with Crippen molar-refractivity contribution in [1.29, 1.82) is 0 Å². The molecular weight excluding hydrogens is 272 g/mol. The van der Waals surface area contributed by atoms with Gasteiger partial charge >= 0.3 is 0 Å². The van der Waals surface area contributed by atoms with Gasteiger partial charge in [0.25, 0.3) is 0 Å². The maximum absolute atomic E-state index is 12.0. The van der Waals surface area contributed by atoms with Gasteiger partial charge in [0, 0.05) is 13.7 Å². The first kappa shape index (κ1) is 15.8. The molecule has 1 fully saturated rings. The lowest BCUT2D eigenvalue weighted by Gasteiger charge is -2.24. The predicted octanol–water partition coefficient (Wildman–Crippen LogP) is 0.789. The number of nitrogens with zero attached hydrogens (tertiary/aromatic N) is 1. The molecule has 1 aliphatic rings. The number of hydrogen-bond donors (Lipinski definition) is 1. The van der Waals surface area contributed by atoms with Crippen LogP contribution >= 0.6 is 0 Å². The number of hydrogen-bond acceptors (Lipinski definition) is 5. The molecule has 1 heterocycles. The van der Waals surface area contributed by atoms with Crippen LogP contribution in [0.4, 0.5) is 0 Å². The molecule has 6 heteroatoms. The molecular formula is C15H22N2O4. The number of rotatable bonds is 8. The monoisotopic (exact) mass is 294 g/mol. The van der Waals surface area contributed by atoms with E-state index in [1.54, 1.807) is 19.1 Å². The van der Waals surface area contributed by atoms with E-state index in [1.807, 2.05) is 24.3 Å². The Kier molecular flexibility index (Phi) is 5.98. The van der Waals surface area contributed by atoms with Crippen LogP contribution in [-0.2, 0) is 14.3 Å². The van der Waals surface area contributed by atoms with Gasteiger partial charge in [0.15, 0.2) is 0 Å². The van der Waals surface area contributed by atoms with Crippen LogP contribution in [0.25, 0.3) is 0 Å². The molecule has 1 unspecified atom stereocenters. The zero-order valence-electron chi connectivity index (χ0n) is 12.5. The van der Waals surface area contributed by atoms with E-state index in [0.29, 0.717) is 32.9 Å². The summed E-state index contributed by atoms with van der Waals surface area (Å²) in [5.41, 5.74) is 1.01. The Bertz CT molecular complexity index is 467. The van der Waals surface area contributed by atoms with Crippen molar-refractivity contribution in [3.05, 3.63) is 29.8 Å². The van der Waals surface area contributed by atoms with Crippen molar-refractivity contribution in [1.82, 2.24) is 10.2 Å². The van der Waals surface area contributed by atoms with Crippen molar-refractivity contribution in [3.8, 4) is 5.75 Å². The molecule has 1 amide bonds. The molecule has 0 aromatic heterocycles. The Morgan fingerprint density at radius 2 is 2.14 bits per heavy atom. The maximum Gasteiger partial charge on any atom is 0.238 e. The van der Waals surface area contributed by atoms with Gasteiger partial charge in [-0.25, -0.2) is 0 Å². The summed E-state index contributed by atoms with van der Waals surface area (Å²) in [6.45, 7) is 2.50. The molecule has 0 bridgehead atoms. The first-order chi connectivity index (χ1) is 10.3. The highest BCUT2D eigenvalue weighted by molar-refractivity contribution is 5.81. The zero-order chi connectivity index (χ0) is 15.1. The van der Waals surface area contributed by atoms with Crippen LogP contribution in [0.5, 0.6) is 5.75 Å². The van der Waals surface area contributed by atoms with E-state index in [2.05, 4.69) is 5.32 Å². The third kappa shape index (κ3) is 4.17. The van der Waals surface area contributed by atoms with E-state index in [9.17, 15) is 4.79 Å². The molecule has 0 saturated carbocycles. The van der Waals surface area contributed by atoms with Crippen LogP contribution < -0.4 is 10.1 Å². The first-order valence-electron chi connectivity index (χ1n) is 6.99. The van der Waals surface area contributed by atoms with Gasteiger partial charge in [-0.05, 0) is 17.7 Å². The van der Waals surface area contributed by atoms with Crippen LogP contribution in [0, 0.1) is 0 Å². The molecule has 1 aromatic carbocycles. The van der Waals surface area contributed by atoms with E-state index in [0.717, 1.165) is 11.3 Å². The molecule has 1 saturated heterocycles. The maximum atomic E-state index is 12.0. The van der Waals surface area contributed by atoms with E-state index in [-0.39, 0.29) is 12.1 Å². The smallest absolute Gasteiger partial charge is 0.238 e. The Morgan fingerprint density at radius 3 is 2.90 bits per heavy atom. The predicted molar refractivity (Wildman–Crippen MR) is 78.1 cm³/mol. The minimum atomic E-state index is -0.126. The molecule has 116 valence electrons. The summed E-state index contributed by atoms with van der Waals surface area (Å²) in [6, 6.07) is 7.73. The lowest BCUT2D eigenvalue weighted by Crippen LogP contribution is -2.33. The summed E-state index contributed by atoms with van der Waals surface area (Å²) in [5.74, 6) is 0.864. The first-order valence-corrected chi connectivity index (χ1v) is 6.99. The van der Waals surface area contributed by atoms with Gasteiger partial charge in [0.1, 0.15) is 11.9 Å². The fourth-order valence-electron chi connectivity index (χ4n) is 2.31. The number of carbonyl (C=O) groups excluding carboxylic acids is 1. The molecule has 1 atom stereocenters. The van der Waals surface area contributed by atoms with Crippen molar-refractivity contribution in [2.45, 2.75) is 6.17 Å². The summed E-state index contributed by atoms with van der Waals surface area (Å²) in [4.78, 5) is 13.8. The van der Waals surface area contributed by atoms with Gasteiger partial charge < -0.3 is 19.1 Å². The summed E-state index contributed by atoms with van der Waals surface area (Å²) in [7, 11) is 3.27. The molecule has 0 aliphatic carbocycles. The minimum absolute atomic E-state index is 0.0816. The van der Waals surface area contributed by atoms with Crippen molar-refractivity contribution in [3.63, 3.8) is 0 Å². The lowest BCUT2D eigenvalue weighted by atomic mass is 10.1. The molecule has 2 rings (SSSR count). The molecule has 1 N–H and O–H groups in total. The highest BCUT2D eigenvalue weighted by Gasteiger charge is 2.31. The minimum Gasteiger partial charge on any atom is -0.497 e. The Morgan fingerprint density at radius 1 is 1.29 bits per heavy atom. The number of carbonyl (C=O) groups is 1. The lowest BCUT2D eigenvalue weighted by molar-refractivity contribution is -0.128. The van der Waals surface area contributed by atoms with Crippen LogP contribution in [0.2, 0.25) is 0 Å². The normalized spacial score (nSPS) is 18.3. The number of methoxy groups -OCH3 is 2. The van der Waals surface area contributed by atoms with Crippen molar-refractivity contribution >= 4 is 5.91 Å². The summed E-state index contributed by atoms with van der Waals surface area (Å²) in [5, 5.41) is 3.22. The van der Waals surface area contributed by atoms with Crippen molar-refractivity contribution < 1.29 is 19.0 Å².